The molecule has 1 aromatic rings. The molecule has 0 amide bonds. The molecular weight excluding hydrogens is 307 g/mol. The lowest BCUT2D eigenvalue weighted by Crippen LogP contribution is -2.41. The van der Waals surface area contributed by atoms with Crippen LogP contribution in [0, 0.1) is 0 Å². The number of phenolic OH excluding ortho intramolecular Hbond substituents is 1. The average molecular weight is 338 g/mol. The quantitative estimate of drug-likeness (QED) is 0.660. The van der Waals surface area contributed by atoms with E-state index in [2.05, 4.69) is 4.74 Å². The molecule has 1 aliphatic heterocycles. The van der Waals surface area contributed by atoms with Crippen LogP contribution in [0.3, 0.4) is 0 Å². The second-order valence-corrected chi connectivity index (χ2v) is 5.85. The van der Waals surface area contributed by atoms with E-state index >= 15 is 0 Å². The zero-order valence-corrected chi connectivity index (χ0v) is 16.4. The van der Waals surface area contributed by atoms with Crippen LogP contribution in [-0.2, 0) is 14.0 Å². The molecular formula is C18H31BO5. The Balaban J connectivity index is 0.00000123. The third-order valence-corrected chi connectivity index (χ3v) is 3.96. The Morgan fingerprint density at radius 2 is 1.50 bits per heavy atom. The third kappa shape index (κ3) is 4.74. The maximum absolute atomic E-state index is 11.6. The van der Waals surface area contributed by atoms with Gasteiger partial charge in [-0.15, -0.1) is 0 Å². The minimum atomic E-state index is -0.718. The van der Waals surface area contributed by atoms with E-state index in [0.717, 1.165) is 0 Å². The highest BCUT2D eigenvalue weighted by Gasteiger charge is 2.52. The number of hydrogen-bond acceptors (Lipinski definition) is 5. The smallest absolute Gasteiger partial charge is 0.498 e. The first-order valence-electron chi connectivity index (χ1n) is 8.45. The number of methoxy groups -OCH3 is 1. The fourth-order valence-electron chi connectivity index (χ4n) is 1.96. The van der Waals surface area contributed by atoms with E-state index in [1.807, 2.05) is 55.4 Å². The van der Waals surface area contributed by atoms with Crippen LogP contribution in [0.25, 0.3) is 0 Å². The molecule has 24 heavy (non-hydrogen) atoms. The summed E-state index contributed by atoms with van der Waals surface area (Å²) < 4.78 is 16.4. The molecule has 0 atom stereocenters. The fraction of sp³-hybridized carbons (Fsp3) is 0.611. The first kappa shape index (κ1) is 22.5. The standard InChI is InChI=1S/C14H19BO5.2C2H6/c1-13(2)14(3,4)20-15(19-13)10-8-9(12(17)18-5)6-7-11(10)16;2*1-2/h6-8,16H,1-5H3;2*1-2H3. The van der Waals surface area contributed by atoms with Gasteiger partial charge in [0.1, 0.15) is 5.75 Å². The summed E-state index contributed by atoms with van der Waals surface area (Å²) in [7, 11) is 0.591. The van der Waals surface area contributed by atoms with E-state index < -0.39 is 24.3 Å². The van der Waals surface area contributed by atoms with Crippen molar-refractivity contribution in [3.63, 3.8) is 0 Å². The van der Waals surface area contributed by atoms with Crippen LogP contribution < -0.4 is 5.46 Å². The van der Waals surface area contributed by atoms with Gasteiger partial charge in [-0.1, -0.05) is 27.7 Å². The SMILES string of the molecule is CC.CC.COC(=O)c1ccc(O)c(B2OC(C)(C)C(C)(C)O2)c1. The van der Waals surface area contributed by atoms with Crippen LogP contribution >= 0.6 is 0 Å². The summed E-state index contributed by atoms with van der Waals surface area (Å²) >= 11 is 0. The molecule has 1 N–H and O–H groups in total. The summed E-state index contributed by atoms with van der Waals surface area (Å²) in [6, 6.07) is 4.46. The van der Waals surface area contributed by atoms with Crippen molar-refractivity contribution >= 4 is 18.6 Å². The van der Waals surface area contributed by atoms with E-state index in [1.165, 1.54) is 25.3 Å². The predicted octanol–water partition coefficient (Wildman–Crippen LogP) is 3.53. The monoisotopic (exact) mass is 338 g/mol. The van der Waals surface area contributed by atoms with E-state index in [-0.39, 0.29) is 5.75 Å². The minimum Gasteiger partial charge on any atom is -0.508 e. The van der Waals surface area contributed by atoms with Gasteiger partial charge < -0.3 is 19.2 Å². The molecule has 136 valence electrons. The van der Waals surface area contributed by atoms with Crippen LogP contribution in [0.1, 0.15) is 65.7 Å². The van der Waals surface area contributed by atoms with Gasteiger partial charge in [0.25, 0.3) is 0 Å². The molecule has 0 radical (unpaired) electrons. The number of ether oxygens (including phenoxy) is 1. The number of phenols is 1. The molecule has 0 saturated carbocycles. The van der Waals surface area contributed by atoms with Gasteiger partial charge in [0.2, 0.25) is 0 Å². The topological polar surface area (TPSA) is 65.0 Å². The fourth-order valence-corrected chi connectivity index (χ4v) is 1.96. The number of rotatable bonds is 2. The maximum atomic E-state index is 11.6. The molecule has 0 aliphatic carbocycles. The molecule has 1 saturated heterocycles. The second-order valence-electron chi connectivity index (χ2n) is 5.85. The molecule has 0 spiro atoms. The summed E-state index contributed by atoms with van der Waals surface area (Å²) in [6.45, 7) is 15.7. The number of esters is 1. The highest BCUT2D eigenvalue weighted by atomic mass is 16.7. The molecule has 6 heteroatoms. The number of carbonyl (C=O) groups is 1. The predicted molar refractivity (Wildman–Crippen MR) is 97.9 cm³/mol. The lowest BCUT2D eigenvalue weighted by molar-refractivity contribution is 0.00578. The first-order valence-corrected chi connectivity index (χ1v) is 8.45. The van der Waals surface area contributed by atoms with Gasteiger partial charge in [-0.2, -0.15) is 0 Å². The molecule has 1 fully saturated rings. The summed E-state index contributed by atoms with van der Waals surface area (Å²) in [5, 5.41) is 9.98. The van der Waals surface area contributed by atoms with Crippen molar-refractivity contribution in [2.45, 2.75) is 66.6 Å². The number of carbonyl (C=O) groups excluding carboxylic acids is 1. The number of hydrogen-bond donors (Lipinski definition) is 1. The van der Waals surface area contributed by atoms with Gasteiger partial charge >= 0.3 is 13.1 Å². The van der Waals surface area contributed by atoms with Gasteiger partial charge in [-0.25, -0.2) is 4.79 Å². The van der Waals surface area contributed by atoms with E-state index in [4.69, 9.17) is 9.31 Å². The summed E-state index contributed by atoms with van der Waals surface area (Å²) in [4.78, 5) is 11.6. The van der Waals surface area contributed by atoms with Gasteiger partial charge in [0, 0.05) is 5.46 Å². The van der Waals surface area contributed by atoms with Crippen molar-refractivity contribution in [1.82, 2.24) is 0 Å². The van der Waals surface area contributed by atoms with Crippen molar-refractivity contribution in [1.29, 1.82) is 0 Å². The maximum Gasteiger partial charge on any atom is 0.498 e. The molecule has 0 bridgehead atoms. The Morgan fingerprint density at radius 3 is 1.92 bits per heavy atom. The van der Waals surface area contributed by atoms with Crippen molar-refractivity contribution in [3.05, 3.63) is 23.8 Å². The molecule has 2 rings (SSSR count). The van der Waals surface area contributed by atoms with Crippen LogP contribution in [0.15, 0.2) is 18.2 Å². The molecule has 0 aromatic heterocycles. The summed E-state index contributed by atoms with van der Waals surface area (Å²) in [5.74, 6) is -0.445. The van der Waals surface area contributed by atoms with Crippen molar-refractivity contribution < 1.29 is 23.9 Å². The van der Waals surface area contributed by atoms with Crippen molar-refractivity contribution in [2.24, 2.45) is 0 Å². The van der Waals surface area contributed by atoms with Crippen LogP contribution in [0.4, 0.5) is 0 Å². The number of benzene rings is 1. The van der Waals surface area contributed by atoms with Crippen LogP contribution in [0.5, 0.6) is 5.75 Å². The van der Waals surface area contributed by atoms with Crippen LogP contribution in [0.2, 0.25) is 0 Å². The second kappa shape index (κ2) is 9.09. The van der Waals surface area contributed by atoms with Crippen molar-refractivity contribution in [3.8, 4) is 5.75 Å². The minimum absolute atomic E-state index is 0.0242. The zero-order valence-electron chi connectivity index (χ0n) is 16.4. The van der Waals surface area contributed by atoms with Gasteiger partial charge in [-0.05, 0) is 45.9 Å². The van der Waals surface area contributed by atoms with E-state index in [9.17, 15) is 9.90 Å². The largest absolute Gasteiger partial charge is 0.508 e. The van der Waals surface area contributed by atoms with Gasteiger partial charge in [0.15, 0.2) is 0 Å². The molecule has 1 aliphatic rings. The van der Waals surface area contributed by atoms with Crippen molar-refractivity contribution in [2.75, 3.05) is 7.11 Å². The normalized spacial score (nSPS) is 17.1. The molecule has 1 heterocycles. The lowest BCUT2D eigenvalue weighted by atomic mass is 9.77. The molecule has 5 nitrogen and oxygen atoms in total. The average Bonchev–Trinajstić information content (AvgIpc) is 2.78. The lowest BCUT2D eigenvalue weighted by Gasteiger charge is -2.32. The highest BCUT2D eigenvalue weighted by Crippen LogP contribution is 2.37. The Morgan fingerprint density at radius 1 is 1.04 bits per heavy atom. The summed E-state index contributed by atoms with van der Waals surface area (Å²) in [5.41, 5.74) is -0.252. The van der Waals surface area contributed by atoms with Gasteiger partial charge in [0.05, 0.1) is 23.9 Å². The zero-order chi connectivity index (χ0) is 19.1. The molecule has 0 unspecified atom stereocenters. The Kier molecular flexibility index (Phi) is 8.51. The van der Waals surface area contributed by atoms with E-state index in [0.29, 0.717) is 11.0 Å². The number of aromatic hydroxyl groups is 1. The summed E-state index contributed by atoms with van der Waals surface area (Å²) in [6.07, 6.45) is 0. The van der Waals surface area contributed by atoms with E-state index in [1.54, 1.807) is 0 Å². The Hall–Kier alpha value is -1.53. The van der Waals surface area contributed by atoms with Gasteiger partial charge in [-0.3, -0.25) is 0 Å². The highest BCUT2D eigenvalue weighted by molar-refractivity contribution is 6.63. The third-order valence-electron chi connectivity index (χ3n) is 3.96. The Labute approximate surface area is 146 Å². The molecule has 1 aromatic carbocycles. The Bertz CT molecular complexity index is 524. The first-order chi connectivity index (χ1) is 11.2. The van der Waals surface area contributed by atoms with Crippen LogP contribution in [-0.4, -0.2) is 36.5 Å².